The number of nitro benzene ring substituents is 1. The van der Waals surface area contributed by atoms with E-state index < -0.39 is 10.8 Å². The van der Waals surface area contributed by atoms with Gasteiger partial charge in [-0.3, -0.25) is 14.9 Å². The molecule has 0 fully saturated rings. The number of rotatable bonds is 8. The van der Waals surface area contributed by atoms with Crippen LogP contribution in [0.2, 0.25) is 5.02 Å². The van der Waals surface area contributed by atoms with Gasteiger partial charge in [0.2, 0.25) is 0 Å². The lowest BCUT2D eigenvalue weighted by Crippen LogP contribution is -2.20. The van der Waals surface area contributed by atoms with Gasteiger partial charge in [-0.2, -0.15) is 0 Å². The van der Waals surface area contributed by atoms with Crippen LogP contribution in [-0.2, 0) is 4.79 Å². The molecule has 0 aliphatic carbocycles. The summed E-state index contributed by atoms with van der Waals surface area (Å²) in [5.74, 6) is 0.750. The molecule has 2 aromatic rings. The Bertz CT molecular complexity index is 749. The van der Waals surface area contributed by atoms with Gasteiger partial charge in [0.25, 0.3) is 11.6 Å². The summed E-state index contributed by atoms with van der Waals surface area (Å²) < 4.78 is 10.8. The predicted octanol–water partition coefficient (Wildman–Crippen LogP) is 4.05. The van der Waals surface area contributed by atoms with E-state index in [9.17, 15) is 14.9 Å². The number of carbonyl (C=O) groups is 1. The number of non-ortho nitro benzene ring substituents is 1. The second-order valence-electron chi connectivity index (χ2n) is 5.08. The van der Waals surface area contributed by atoms with Crippen molar-refractivity contribution in [3.05, 3.63) is 57.6 Å². The van der Waals surface area contributed by atoms with Crippen molar-refractivity contribution in [2.24, 2.45) is 0 Å². The normalized spacial score (nSPS) is 10.2. The SMILES string of the molecule is CCCOc1ccc(OCC(=O)Nc2cc([N+](=O)[O-])ccc2Cl)cc1. The van der Waals surface area contributed by atoms with Crippen LogP contribution in [0.4, 0.5) is 11.4 Å². The Kier molecular flexibility index (Phi) is 6.59. The van der Waals surface area contributed by atoms with Gasteiger partial charge >= 0.3 is 0 Å². The molecule has 0 bridgehead atoms. The summed E-state index contributed by atoms with van der Waals surface area (Å²) in [6.45, 7) is 2.39. The molecule has 2 aromatic carbocycles. The monoisotopic (exact) mass is 364 g/mol. The Hall–Kier alpha value is -2.80. The Labute approximate surface area is 149 Å². The van der Waals surface area contributed by atoms with Crippen LogP contribution in [0.3, 0.4) is 0 Å². The van der Waals surface area contributed by atoms with Crippen molar-refractivity contribution in [2.75, 3.05) is 18.5 Å². The minimum atomic E-state index is -0.565. The fraction of sp³-hybridized carbons (Fsp3) is 0.235. The molecule has 0 radical (unpaired) electrons. The van der Waals surface area contributed by atoms with Gasteiger partial charge in [-0.05, 0) is 36.8 Å². The van der Waals surface area contributed by atoms with Crippen molar-refractivity contribution in [1.82, 2.24) is 0 Å². The van der Waals surface area contributed by atoms with Gasteiger partial charge in [-0.1, -0.05) is 18.5 Å². The average molecular weight is 365 g/mol. The zero-order valence-corrected chi connectivity index (χ0v) is 14.3. The van der Waals surface area contributed by atoms with Crippen LogP contribution < -0.4 is 14.8 Å². The van der Waals surface area contributed by atoms with Crippen molar-refractivity contribution in [2.45, 2.75) is 13.3 Å². The molecule has 25 heavy (non-hydrogen) atoms. The molecule has 0 spiro atoms. The van der Waals surface area contributed by atoms with Gasteiger partial charge < -0.3 is 14.8 Å². The number of anilines is 1. The number of carbonyl (C=O) groups excluding carboxylic acids is 1. The highest BCUT2D eigenvalue weighted by molar-refractivity contribution is 6.33. The topological polar surface area (TPSA) is 90.7 Å². The van der Waals surface area contributed by atoms with E-state index in [0.717, 1.165) is 12.2 Å². The van der Waals surface area contributed by atoms with Gasteiger partial charge in [-0.15, -0.1) is 0 Å². The van der Waals surface area contributed by atoms with E-state index in [1.54, 1.807) is 24.3 Å². The standard InChI is InChI=1S/C17H17ClN2O5/c1-2-9-24-13-4-6-14(7-5-13)25-11-17(21)19-16-10-12(20(22)23)3-8-15(16)18/h3-8,10H,2,9,11H2,1H3,(H,19,21). The quantitative estimate of drug-likeness (QED) is 0.563. The molecular formula is C17H17ClN2O5. The van der Waals surface area contributed by atoms with E-state index in [-0.39, 0.29) is 23.0 Å². The Morgan fingerprint density at radius 3 is 2.40 bits per heavy atom. The number of benzene rings is 2. The molecule has 0 aliphatic rings. The molecule has 8 heteroatoms. The van der Waals surface area contributed by atoms with Crippen LogP contribution in [0.1, 0.15) is 13.3 Å². The van der Waals surface area contributed by atoms with Crippen molar-refractivity contribution >= 4 is 28.9 Å². The van der Waals surface area contributed by atoms with Gasteiger partial charge in [0.1, 0.15) is 11.5 Å². The summed E-state index contributed by atoms with van der Waals surface area (Å²) in [5.41, 5.74) is -0.00364. The van der Waals surface area contributed by atoms with E-state index in [4.69, 9.17) is 21.1 Å². The summed E-state index contributed by atoms with van der Waals surface area (Å²) in [5, 5.41) is 13.5. The number of ether oxygens (including phenoxy) is 2. The molecule has 0 aliphatic heterocycles. The van der Waals surface area contributed by atoms with Gasteiger partial charge in [0.15, 0.2) is 6.61 Å². The average Bonchev–Trinajstić information content (AvgIpc) is 2.60. The zero-order chi connectivity index (χ0) is 18.2. The van der Waals surface area contributed by atoms with Crippen molar-refractivity contribution in [3.63, 3.8) is 0 Å². The molecule has 0 saturated heterocycles. The number of nitrogens with one attached hydrogen (secondary N) is 1. The highest BCUT2D eigenvalue weighted by Gasteiger charge is 2.12. The smallest absolute Gasteiger partial charge is 0.271 e. The number of hydrogen-bond acceptors (Lipinski definition) is 5. The highest BCUT2D eigenvalue weighted by Crippen LogP contribution is 2.26. The van der Waals surface area contributed by atoms with Gasteiger partial charge in [-0.25, -0.2) is 0 Å². The van der Waals surface area contributed by atoms with Crippen molar-refractivity contribution in [3.8, 4) is 11.5 Å². The lowest BCUT2D eigenvalue weighted by Gasteiger charge is -2.09. The molecule has 0 unspecified atom stereocenters. The van der Waals surface area contributed by atoms with E-state index in [1.807, 2.05) is 6.92 Å². The number of halogens is 1. The van der Waals surface area contributed by atoms with E-state index in [2.05, 4.69) is 5.32 Å². The van der Waals surface area contributed by atoms with Crippen LogP contribution >= 0.6 is 11.6 Å². The summed E-state index contributed by atoms with van der Waals surface area (Å²) >= 11 is 5.93. The molecule has 1 N–H and O–H groups in total. The molecule has 2 rings (SSSR count). The van der Waals surface area contributed by atoms with Gasteiger partial charge in [0.05, 0.1) is 22.2 Å². The number of nitrogens with zero attached hydrogens (tertiary/aromatic N) is 1. The Morgan fingerprint density at radius 1 is 1.16 bits per heavy atom. The first-order valence-electron chi connectivity index (χ1n) is 7.59. The zero-order valence-electron chi connectivity index (χ0n) is 13.5. The number of hydrogen-bond donors (Lipinski definition) is 1. The lowest BCUT2D eigenvalue weighted by atomic mass is 10.3. The van der Waals surface area contributed by atoms with Crippen LogP contribution in [0, 0.1) is 10.1 Å². The summed E-state index contributed by atoms with van der Waals surface area (Å²) in [6, 6.07) is 10.7. The molecule has 0 atom stereocenters. The number of nitro groups is 1. The first-order chi connectivity index (χ1) is 12.0. The van der Waals surface area contributed by atoms with Crippen LogP contribution in [0.15, 0.2) is 42.5 Å². The molecule has 0 aromatic heterocycles. The van der Waals surface area contributed by atoms with Crippen LogP contribution in [-0.4, -0.2) is 24.0 Å². The van der Waals surface area contributed by atoms with Crippen LogP contribution in [0.25, 0.3) is 0 Å². The summed E-state index contributed by atoms with van der Waals surface area (Å²) in [7, 11) is 0. The summed E-state index contributed by atoms with van der Waals surface area (Å²) in [4.78, 5) is 22.1. The Morgan fingerprint density at radius 2 is 1.80 bits per heavy atom. The second-order valence-corrected chi connectivity index (χ2v) is 5.49. The van der Waals surface area contributed by atoms with E-state index >= 15 is 0 Å². The molecule has 7 nitrogen and oxygen atoms in total. The number of amides is 1. The molecule has 0 saturated carbocycles. The molecule has 1 amide bonds. The minimum absolute atomic E-state index is 0.160. The van der Waals surface area contributed by atoms with E-state index in [0.29, 0.717) is 12.4 Å². The fourth-order valence-electron chi connectivity index (χ4n) is 1.91. The van der Waals surface area contributed by atoms with E-state index in [1.165, 1.54) is 18.2 Å². The third-order valence-corrected chi connectivity index (χ3v) is 3.43. The highest BCUT2D eigenvalue weighted by atomic mass is 35.5. The first kappa shape index (κ1) is 18.5. The largest absolute Gasteiger partial charge is 0.494 e. The van der Waals surface area contributed by atoms with Gasteiger partial charge in [0, 0.05) is 12.1 Å². The fourth-order valence-corrected chi connectivity index (χ4v) is 2.07. The Balaban J connectivity index is 1.90. The maximum absolute atomic E-state index is 11.9. The van der Waals surface area contributed by atoms with Crippen molar-refractivity contribution in [1.29, 1.82) is 0 Å². The maximum atomic E-state index is 11.9. The summed E-state index contributed by atoms with van der Waals surface area (Å²) in [6.07, 6.45) is 0.915. The first-order valence-corrected chi connectivity index (χ1v) is 7.97. The minimum Gasteiger partial charge on any atom is -0.494 e. The van der Waals surface area contributed by atoms with Crippen molar-refractivity contribution < 1.29 is 19.2 Å². The predicted molar refractivity (Wildman–Crippen MR) is 94.5 cm³/mol. The van der Waals surface area contributed by atoms with Crippen LogP contribution in [0.5, 0.6) is 11.5 Å². The third-order valence-electron chi connectivity index (χ3n) is 3.10. The molecule has 132 valence electrons. The maximum Gasteiger partial charge on any atom is 0.271 e. The third kappa shape index (κ3) is 5.65. The lowest BCUT2D eigenvalue weighted by molar-refractivity contribution is -0.384. The second kappa shape index (κ2) is 8.89. The molecule has 0 heterocycles. The molecular weight excluding hydrogens is 348 g/mol.